The van der Waals surface area contributed by atoms with Gasteiger partial charge in [0.25, 0.3) is 0 Å². The van der Waals surface area contributed by atoms with Crippen molar-refractivity contribution in [1.82, 2.24) is 10.2 Å². The number of methoxy groups -OCH3 is 1. The first-order valence-corrected chi connectivity index (χ1v) is 7.18. The Labute approximate surface area is 111 Å². The summed E-state index contributed by atoms with van der Waals surface area (Å²) in [5, 5.41) is 3.25. The van der Waals surface area contributed by atoms with E-state index in [2.05, 4.69) is 10.2 Å². The van der Waals surface area contributed by atoms with Crippen LogP contribution in [0.4, 0.5) is 0 Å². The third-order valence-electron chi connectivity index (χ3n) is 3.80. The highest BCUT2D eigenvalue weighted by Gasteiger charge is 2.32. The highest BCUT2D eigenvalue weighted by atomic mass is 16.5. The molecule has 0 saturated carbocycles. The van der Waals surface area contributed by atoms with E-state index in [4.69, 9.17) is 4.74 Å². The summed E-state index contributed by atoms with van der Waals surface area (Å²) in [6, 6.07) is 0. The first-order valence-electron chi connectivity index (χ1n) is 7.18. The lowest BCUT2D eigenvalue weighted by Gasteiger charge is -2.27. The van der Waals surface area contributed by atoms with Crippen molar-refractivity contribution in [2.45, 2.75) is 51.5 Å². The summed E-state index contributed by atoms with van der Waals surface area (Å²) in [4.78, 5) is 14.3. The van der Waals surface area contributed by atoms with Crippen LogP contribution in [0, 0.1) is 0 Å². The lowest BCUT2D eigenvalue weighted by Crippen LogP contribution is -2.50. The van der Waals surface area contributed by atoms with Crippen molar-refractivity contribution in [3.63, 3.8) is 0 Å². The molecule has 18 heavy (non-hydrogen) atoms. The highest BCUT2D eigenvalue weighted by Crippen LogP contribution is 2.17. The van der Waals surface area contributed by atoms with E-state index in [1.54, 1.807) is 0 Å². The number of unbranched alkanes of at least 4 members (excludes halogenated alkanes) is 1. The summed E-state index contributed by atoms with van der Waals surface area (Å²) in [5.74, 6) is -0.148. The molecule has 1 aliphatic rings. The topological polar surface area (TPSA) is 41.6 Å². The van der Waals surface area contributed by atoms with Crippen LogP contribution < -0.4 is 5.32 Å². The molecule has 0 radical (unpaired) electrons. The Kier molecular flexibility index (Phi) is 6.65. The number of likely N-dealkylation sites (tertiary alicyclic amines) is 1. The van der Waals surface area contributed by atoms with Gasteiger partial charge in [-0.3, -0.25) is 4.79 Å². The van der Waals surface area contributed by atoms with E-state index in [1.807, 2.05) is 13.8 Å². The van der Waals surface area contributed by atoms with Crippen LogP contribution >= 0.6 is 0 Å². The number of likely N-dealkylation sites (N-methyl/N-ethyl adjacent to an activating group) is 1. The third kappa shape index (κ3) is 4.58. The third-order valence-corrected chi connectivity index (χ3v) is 3.80. The summed E-state index contributed by atoms with van der Waals surface area (Å²) in [7, 11) is 1.46. The maximum absolute atomic E-state index is 11.8. The quantitative estimate of drug-likeness (QED) is 0.531. The molecule has 106 valence electrons. The van der Waals surface area contributed by atoms with E-state index in [-0.39, 0.29) is 5.97 Å². The number of carbonyl (C=O) groups is 1. The van der Waals surface area contributed by atoms with Gasteiger partial charge in [0.05, 0.1) is 7.11 Å². The van der Waals surface area contributed by atoms with E-state index in [1.165, 1.54) is 39.6 Å². The molecular formula is C14H28N2O2. The number of hydrogen-bond acceptors (Lipinski definition) is 4. The van der Waals surface area contributed by atoms with Crippen molar-refractivity contribution in [1.29, 1.82) is 0 Å². The summed E-state index contributed by atoms with van der Waals surface area (Å²) in [6.07, 6.45) is 5.77. The van der Waals surface area contributed by atoms with Crippen molar-refractivity contribution in [3.05, 3.63) is 0 Å². The summed E-state index contributed by atoms with van der Waals surface area (Å²) in [5.41, 5.74) is -0.519. The van der Waals surface area contributed by atoms with Crippen molar-refractivity contribution in [2.75, 3.05) is 33.3 Å². The molecule has 0 spiro atoms. The molecule has 1 unspecified atom stereocenters. The first-order chi connectivity index (χ1) is 8.62. The van der Waals surface area contributed by atoms with Crippen LogP contribution in [0.5, 0.6) is 0 Å². The van der Waals surface area contributed by atoms with Crippen LogP contribution in [0.15, 0.2) is 0 Å². The molecule has 1 N–H and O–H groups in total. The van der Waals surface area contributed by atoms with Crippen molar-refractivity contribution in [3.8, 4) is 0 Å². The lowest BCUT2D eigenvalue weighted by atomic mass is 9.94. The van der Waals surface area contributed by atoms with Crippen molar-refractivity contribution in [2.24, 2.45) is 0 Å². The van der Waals surface area contributed by atoms with Crippen molar-refractivity contribution >= 4 is 5.97 Å². The molecule has 0 aromatic heterocycles. The summed E-state index contributed by atoms with van der Waals surface area (Å²) in [6.45, 7) is 8.42. The Morgan fingerprint density at radius 2 is 2.00 bits per heavy atom. The standard InChI is InChI=1S/C14H28N2O2/c1-4-15-14(2,13(17)18-3)9-5-6-10-16-11-7-8-12-16/h15H,4-12H2,1-3H3. The highest BCUT2D eigenvalue weighted by molar-refractivity contribution is 5.80. The minimum absolute atomic E-state index is 0.148. The number of ether oxygens (including phenoxy) is 1. The monoisotopic (exact) mass is 256 g/mol. The first kappa shape index (κ1) is 15.4. The van der Waals surface area contributed by atoms with Gasteiger partial charge in [-0.05, 0) is 65.2 Å². The van der Waals surface area contributed by atoms with Crippen LogP contribution in [-0.2, 0) is 9.53 Å². The van der Waals surface area contributed by atoms with Crippen LogP contribution in [-0.4, -0.2) is 49.7 Å². The van der Waals surface area contributed by atoms with Gasteiger partial charge in [-0.2, -0.15) is 0 Å². The maximum Gasteiger partial charge on any atom is 0.325 e. The summed E-state index contributed by atoms with van der Waals surface area (Å²) < 4.78 is 4.89. The number of rotatable bonds is 8. The molecule has 0 aromatic rings. The Morgan fingerprint density at radius 3 is 2.56 bits per heavy atom. The second-order valence-corrected chi connectivity index (χ2v) is 5.36. The SMILES string of the molecule is CCNC(C)(CCCCN1CCCC1)C(=O)OC. The van der Waals surface area contributed by atoms with Gasteiger partial charge in [-0.1, -0.05) is 6.92 Å². The van der Waals surface area contributed by atoms with Gasteiger partial charge in [0.15, 0.2) is 0 Å². The van der Waals surface area contributed by atoms with Crippen LogP contribution in [0.1, 0.15) is 46.0 Å². The molecule has 0 aromatic carbocycles. The lowest BCUT2D eigenvalue weighted by molar-refractivity contribution is -0.148. The molecule has 1 atom stereocenters. The number of nitrogens with zero attached hydrogens (tertiary/aromatic N) is 1. The average Bonchev–Trinajstić information content (AvgIpc) is 2.87. The number of hydrogen-bond donors (Lipinski definition) is 1. The van der Waals surface area contributed by atoms with Crippen LogP contribution in [0.25, 0.3) is 0 Å². The molecule has 1 aliphatic heterocycles. The van der Waals surface area contributed by atoms with Gasteiger partial charge in [-0.25, -0.2) is 0 Å². The molecule has 0 bridgehead atoms. The molecule has 1 saturated heterocycles. The van der Waals surface area contributed by atoms with Crippen LogP contribution in [0.2, 0.25) is 0 Å². The number of carbonyl (C=O) groups excluding carboxylic acids is 1. The predicted octanol–water partition coefficient (Wildman–Crippen LogP) is 1.79. The Balaban J connectivity index is 2.26. The fraction of sp³-hybridized carbons (Fsp3) is 0.929. The zero-order valence-electron chi connectivity index (χ0n) is 12.1. The smallest absolute Gasteiger partial charge is 0.325 e. The van der Waals surface area contributed by atoms with E-state index in [9.17, 15) is 4.79 Å². The van der Waals surface area contributed by atoms with E-state index in [0.29, 0.717) is 0 Å². The molecule has 4 heteroatoms. The molecule has 0 aliphatic carbocycles. The summed E-state index contributed by atoms with van der Waals surface area (Å²) >= 11 is 0. The molecule has 1 heterocycles. The molecular weight excluding hydrogens is 228 g/mol. The Hall–Kier alpha value is -0.610. The van der Waals surface area contributed by atoms with Crippen LogP contribution in [0.3, 0.4) is 0 Å². The van der Waals surface area contributed by atoms with Gasteiger partial charge >= 0.3 is 5.97 Å². The van der Waals surface area contributed by atoms with E-state index < -0.39 is 5.54 Å². The van der Waals surface area contributed by atoms with E-state index in [0.717, 1.165) is 25.8 Å². The predicted molar refractivity (Wildman–Crippen MR) is 73.6 cm³/mol. The maximum atomic E-state index is 11.8. The second-order valence-electron chi connectivity index (χ2n) is 5.36. The van der Waals surface area contributed by atoms with Gasteiger partial charge < -0.3 is 15.0 Å². The molecule has 4 nitrogen and oxygen atoms in total. The van der Waals surface area contributed by atoms with Gasteiger partial charge in [0, 0.05) is 0 Å². The van der Waals surface area contributed by atoms with Gasteiger partial charge in [0.1, 0.15) is 5.54 Å². The van der Waals surface area contributed by atoms with Gasteiger partial charge in [0.2, 0.25) is 0 Å². The van der Waals surface area contributed by atoms with Gasteiger partial charge in [-0.15, -0.1) is 0 Å². The number of nitrogens with one attached hydrogen (secondary N) is 1. The Bertz CT molecular complexity index is 252. The molecule has 0 amide bonds. The van der Waals surface area contributed by atoms with Crippen molar-refractivity contribution < 1.29 is 9.53 Å². The largest absolute Gasteiger partial charge is 0.468 e. The molecule has 1 fully saturated rings. The fourth-order valence-electron chi connectivity index (χ4n) is 2.70. The molecule has 1 rings (SSSR count). The fourth-order valence-corrected chi connectivity index (χ4v) is 2.70. The zero-order chi connectivity index (χ0) is 13.4. The Morgan fingerprint density at radius 1 is 1.33 bits per heavy atom. The number of esters is 1. The normalized spacial score (nSPS) is 19.7. The zero-order valence-corrected chi connectivity index (χ0v) is 12.1. The second kappa shape index (κ2) is 7.74. The minimum Gasteiger partial charge on any atom is -0.468 e. The average molecular weight is 256 g/mol. The van der Waals surface area contributed by atoms with E-state index >= 15 is 0 Å². The minimum atomic E-state index is -0.519.